The number of amides is 1. The van der Waals surface area contributed by atoms with Gasteiger partial charge in [-0.3, -0.25) is 9.48 Å². The smallest absolute Gasteiger partial charge is 0.265 e. The minimum absolute atomic E-state index is 0.287. The highest BCUT2D eigenvalue weighted by Gasteiger charge is 2.17. The Kier molecular flexibility index (Phi) is 6.48. The van der Waals surface area contributed by atoms with Gasteiger partial charge in [-0.05, 0) is 33.2 Å². The molecule has 0 spiro atoms. The van der Waals surface area contributed by atoms with Crippen LogP contribution < -0.4 is 10.1 Å². The van der Waals surface area contributed by atoms with Crippen LogP contribution in [0.1, 0.15) is 6.92 Å². The molecule has 0 aliphatic heterocycles. The first-order valence-electron chi connectivity index (χ1n) is 7.45. The van der Waals surface area contributed by atoms with Crippen molar-refractivity contribution in [3.8, 4) is 5.75 Å². The van der Waals surface area contributed by atoms with E-state index in [2.05, 4.69) is 15.3 Å². The Morgan fingerprint density at radius 2 is 2.17 bits per heavy atom. The normalized spacial score (nSPS) is 12.2. The summed E-state index contributed by atoms with van der Waals surface area (Å²) in [5, 5.41) is 7.64. The molecule has 1 atom stereocenters. The minimum Gasteiger partial charge on any atom is -0.479 e. The SMILES string of the molecule is CC(Oc1cccc(Cl)c1Cl)C(=O)Nc1cnn(CCN(C)C)c1. The maximum atomic E-state index is 12.2. The molecule has 1 unspecified atom stereocenters. The summed E-state index contributed by atoms with van der Waals surface area (Å²) in [7, 11) is 3.98. The highest BCUT2D eigenvalue weighted by Crippen LogP contribution is 2.32. The molecule has 1 amide bonds. The van der Waals surface area contributed by atoms with E-state index in [1.807, 2.05) is 14.1 Å². The van der Waals surface area contributed by atoms with Gasteiger partial charge in [-0.2, -0.15) is 5.10 Å². The number of likely N-dealkylation sites (N-methyl/N-ethyl adjacent to an activating group) is 1. The number of halogens is 2. The van der Waals surface area contributed by atoms with Crippen molar-refractivity contribution in [3.63, 3.8) is 0 Å². The second-order valence-electron chi connectivity index (χ2n) is 5.60. The molecule has 1 N–H and O–H groups in total. The van der Waals surface area contributed by atoms with Crippen LogP contribution in [0.4, 0.5) is 5.69 Å². The zero-order valence-electron chi connectivity index (χ0n) is 13.8. The number of nitrogens with one attached hydrogen (secondary N) is 1. The van der Waals surface area contributed by atoms with Crippen molar-refractivity contribution in [2.24, 2.45) is 0 Å². The van der Waals surface area contributed by atoms with Gasteiger partial charge in [0.15, 0.2) is 6.10 Å². The van der Waals surface area contributed by atoms with Gasteiger partial charge in [0.25, 0.3) is 5.91 Å². The first-order valence-corrected chi connectivity index (χ1v) is 8.21. The van der Waals surface area contributed by atoms with Gasteiger partial charge in [0.05, 0.1) is 23.5 Å². The van der Waals surface area contributed by atoms with Crippen molar-refractivity contribution in [3.05, 3.63) is 40.6 Å². The summed E-state index contributed by atoms with van der Waals surface area (Å²) in [6, 6.07) is 5.03. The lowest BCUT2D eigenvalue weighted by molar-refractivity contribution is -0.122. The van der Waals surface area contributed by atoms with Gasteiger partial charge in [0.1, 0.15) is 10.8 Å². The Morgan fingerprint density at radius 3 is 2.88 bits per heavy atom. The molecule has 6 nitrogen and oxygen atoms in total. The second-order valence-corrected chi connectivity index (χ2v) is 6.38. The maximum absolute atomic E-state index is 12.2. The molecule has 0 fully saturated rings. The fraction of sp³-hybridized carbons (Fsp3) is 0.375. The van der Waals surface area contributed by atoms with Crippen molar-refractivity contribution in [2.45, 2.75) is 19.6 Å². The Hall–Kier alpha value is -1.76. The summed E-state index contributed by atoms with van der Waals surface area (Å²) >= 11 is 12.0. The third kappa shape index (κ3) is 5.12. The van der Waals surface area contributed by atoms with Crippen LogP contribution in [0.3, 0.4) is 0 Å². The van der Waals surface area contributed by atoms with Gasteiger partial charge in [-0.25, -0.2) is 0 Å². The van der Waals surface area contributed by atoms with Gasteiger partial charge in [0.2, 0.25) is 0 Å². The molecule has 1 heterocycles. The molecule has 2 aromatic rings. The first-order chi connectivity index (χ1) is 11.4. The number of carbonyl (C=O) groups is 1. The lowest BCUT2D eigenvalue weighted by atomic mass is 10.3. The number of aromatic nitrogens is 2. The van der Waals surface area contributed by atoms with Crippen LogP contribution in [0.25, 0.3) is 0 Å². The van der Waals surface area contributed by atoms with E-state index in [-0.39, 0.29) is 10.9 Å². The standard InChI is InChI=1S/C16H20Cl2N4O2/c1-11(24-14-6-4-5-13(17)15(14)18)16(23)20-12-9-19-22(10-12)8-7-21(2)3/h4-6,9-11H,7-8H2,1-3H3,(H,20,23). The molecule has 0 bridgehead atoms. The highest BCUT2D eigenvalue weighted by atomic mass is 35.5. The molecule has 2 rings (SSSR count). The topological polar surface area (TPSA) is 59.4 Å². The maximum Gasteiger partial charge on any atom is 0.265 e. The van der Waals surface area contributed by atoms with E-state index in [0.29, 0.717) is 16.5 Å². The van der Waals surface area contributed by atoms with Gasteiger partial charge in [-0.15, -0.1) is 0 Å². The number of rotatable bonds is 7. The van der Waals surface area contributed by atoms with Crippen molar-refractivity contribution in [1.29, 1.82) is 0 Å². The summed E-state index contributed by atoms with van der Waals surface area (Å²) in [4.78, 5) is 14.3. The van der Waals surface area contributed by atoms with Crippen LogP contribution in [-0.4, -0.2) is 47.3 Å². The van der Waals surface area contributed by atoms with Crippen LogP contribution >= 0.6 is 23.2 Å². The molecular formula is C16H20Cl2N4O2. The van der Waals surface area contributed by atoms with Crippen LogP contribution in [0, 0.1) is 0 Å². The van der Waals surface area contributed by atoms with Crippen molar-refractivity contribution in [2.75, 3.05) is 26.0 Å². The van der Waals surface area contributed by atoms with Gasteiger partial charge in [0, 0.05) is 12.7 Å². The van der Waals surface area contributed by atoms with Crippen LogP contribution in [0.5, 0.6) is 5.75 Å². The average Bonchev–Trinajstić information content (AvgIpc) is 2.97. The van der Waals surface area contributed by atoms with Gasteiger partial charge in [-0.1, -0.05) is 29.3 Å². The molecule has 1 aromatic carbocycles. The number of ether oxygens (including phenoxy) is 1. The Morgan fingerprint density at radius 1 is 1.42 bits per heavy atom. The van der Waals surface area contributed by atoms with E-state index in [1.54, 1.807) is 42.2 Å². The van der Waals surface area contributed by atoms with E-state index in [0.717, 1.165) is 13.1 Å². The number of hydrogen-bond acceptors (Lipinski definition) is 4. The van der Waals surface area contributed by atoms with Crippen LogP contribution in [0.2, 0.25) is 10.0 Å². The largest absolute Gasteiger partial charge is 0.479 e. The molecule has 0 aliphatic carbocycles. The van der Waals surface area contributed by atoms with E-state index in [1.165, 1.54) is 0 Å². The third-order valence-electron chi connectivity index (χ3n) is 3.27. The van der Waals surface area contributed by atoms with Gasteiger partial charge < -0.3 is 15.0 Å². The molecule has 24 heavy (non-hydrogen) atoms. The third-order valence-corrected chi connectivity index (χ3v) is 4.07. The molecule has 1 aromatic heterocycles. The number of benzene rings is 1. The summed E-state index contributed by atoms with van der Waals surface area (Å²) < 4.78 is 7.36. The molecule has 0 saturated carbocycles. The Bertz CT molecular complexity index is 703. The van der Waals surface area contributed by atoms with E-state index >= 15 is 0 Å². The fourth-order valence-corrected chi connectivity index (χ4v) is 2.25. The molecule has 0 aliphatic rings. The Labute approximate surface area is 151 Å². The predicted octanol–water partition coefficient (Wildman–Crippen LogP) is 3.16. The lowest BCUT2D eigenvalue weighted by Crippen LogP contribution is -2.30. The lowest BCUT2D eigenvalue weighted by Gasteiger charge is -2.15. The minimum atomic E-state index is -0.730. The van der Waals surface area contributed by atoms with Crippen molar-refractivity contribution < 1.29 is 9.53 Å². The van der Waals surface area contributed by atoms with Crippen molar-refractivity contribution >= 4 is 34.8 Å². The number of carbonyl (C=O) groups excluding carboxylic acids is 1. The molecule has 0 radical (unpaired) electrons. The Balaban J connectivity index is 1.93. The number of anilines is 1. The average molecular weight is 371 g/mol. The van der Waals surface area contributed by atoms with Crippen LogP contribution in [0.15, 0.2) is 30.6 Å². The van der Waals surface area contributed by atoms with Gasteiger partial charge >= 0.3 is 0 Å². The molecule has 130 valence electrons. The first kappa shape index (κ1) is 18.6. The zero-order chi connectivity index (χ0) is 17.7. The van der Waals surface area contributed by atoms with E-state index in [4.69, 9.17) is 27.9 Å². The summed E-state index contributed by atoms with van der Waals surface area (Å²) in [6.07, 6.45) is 2.65. The quantitative estimate of drug-likeness (QED) is 0.812. The highest BCUT2D eigenvalue weighted by molar-refractivity contribution is 6.42. The summed E-state index contributed by atoms with van der Waals surface area (Å²) in [5.74, 6) is 0.0756. The zero-order valence-corrected chi connectivity index (χ0v) is 15.3. The number of hydrogen-bond donors (Lipinski definition) is 1. The molecule has 8 heteroatoms. The summed E-state index contributed by atoms with van der Waals surface area (Å²) in [6.45, 7) is 3.25. The van der Waals surface area contributed by atoms with E-state index in [9.17, 15) is 4.79 Å². The number of nitrogens with zero attached hydrogens (tertiary/aromatic N) is 3. The van der Waals surface area contributed by atoms with E-state index < -0.39 is 6.10 Å². The second kappa shape index (κ2) is 8.37. The monoisotopic (exact) mass is 370 g/mol. The predicted molar refractivity (Wildman–Crippen MR) is 96.0 cm³/mol. The fourth-order valence-electron chi connectivity index (χ4n) is 1.92. The molecule has 0 saturated heterocycles. The van der Waals surface area contributed by atoms with Crippen molar-refractivity contribution in [1.82, 2.24) is 14.7 Å². The molecular weight excluding hydrogens is 351 g/mol. The summed E-state index contributed by atoms with van der Waals surface area (Å²) in [5.41, 5.74) is 0.617. The van der Waals surface area contributed by atoms with Crippen LogP contribution in [-0.2, 0) is 11.3 Å².